The Labute approximate surface area is 103 Å². The topological polar surface area (TPSA) is 69.4 Å². The van der Waals surface area contributed by atoms with Gasteiger partial charge < -0.3 is 19.4 Å². The van der Waals surface area contributed by atoms with Crippen LogP contribution in [0.3, 0.4) is 0 Å². The van der Waals surface area contributed by atoms with Gasteiger partial charge in [-0.2, -0.15) is 0 Å². The summed E-state index contributed by atoms with van der Waals surface area (Å²) in [5.41, 5.74) is 1.15. The van der Waals surface area contributed by atoms with Crippen molar-refractivity contribution in [3.8, 4) is 0 Å². The maximum absolute atomic E-state index is 12.4. The number of hydrogen-bond acceptors (Lipinski definition) is 4. The highest BCUT2D eigenvalue weighted by Crippen LogP contribution is 2.34. The molecule has 6 heteroatoms. The van der Waals surface area contributed by atoms with Crippen molar-refractivity contribution in [1.29, 1.82) is 0 Å². The quantitative estimate of drug-likeness (QED) is 0.712. The molecule has 94 valence electrons. The van der Waals surface area contributed by atoms with Gasteiger partial charge in [0.1, 0.15) is 11.2 Å². The summed E-state index contributed by atoms with van der Waals surface area (Å²) in [5.74, 6) is -1.17. The molecule has 1 atom stereocenters. The molecule has 18 heavy (non-hydrogen) atoms. The number of nitrogens with zero attached hydrogens (tertiary/aromatic N) is 2. The Balaban J connectivity index is 2.48. The van der Waals surface area contributed by atoms with E-state index in [0.29, 0.717) is 16.7 Å². The largest absolute Gasteiger partial charge is 0.805 e. The molecule has 2 aromatic rings. The minimum atomic E-state index is -1.17. The first-order valence-electron chi connectivity index (χ1n) is 5.55. The Kier molecular flexibility index (Phi) is 2.20. The monoisotopic (exact) mass is 248 g/mol. The van der Waals surface area contributed by atoms with Crippen molar-refractivity contribution < 1.29 is 13.9 Å². The van der Waals surface area contributed by atoms with Crippen LogP contribution in [0.1, 0.15) is 18.3 Å². The number of hydrogen-bond donors (Lipinski definition) is 0. The molecule has 1 aliphatic heterocycles. The summed E-state index contributed by atoms with van der Waals surface area (Å²) in [4.78, 5) is 12.4. The van der Waals surface area contributed by atoms with Crippen LogP contribution in [0.15, 0.2) is 24.3 Å². The minimum absolute atomic E-state index is 0.0657. The number of aromatic nitrogens is 2. The van der Waals surface area contributed by atoms with Gasteiger partial charge in [-0.1, -0.05) is 12.1 Å². The first kappa shape index (κ1) is 11.2. The van der Waals surface area contributed by atoms with Crippen LogP contribution in [0.25, 0.3) is 11.0 Å². The average Bonchev–Trinajstić information content (AvgIpc) is 2.75. The molecule has 0 amide bonds. The number of fused-ring (bicyclic) bond motifs is 2. The Bertz CT molecular complexity index is 694. The second-order valence-corrected chi connectivity index (χ2v) is 4.31. The molecule has 0 aliphatic carbocycles. The van der Waals surface area contributed by atoms with E-state index in [1.54, 1.807) is 31.2 Å². The molecule has 0 unspecified atom stereocenters. The molecule has 6 nitrogen and oxygen atoms in total. The predicted octanol–water partition coefficient (Wildman–Crippen LogP) is 1.25. The first-order chi connectivity index (χ1) is 8.58. The number of methoxy groups -OCH3 is 1. The second-order valence-electron chi connectivity index (χ2n) is 4.31. The number of benzene rings is 1. The lowest BCUT2D eigenvalue weighted by atomic mass is 10.2. The van der Waals surface area contributed by atoms with Crippen molar-refractivity contribution in [2.45, 2.75) is 19.3 Å². The minimum Gasteiger partial charge on any atom is -0.805 e. The van der Waals surface area contributed by atoms with Crippen LogP contribution in [-0.4, -0.2) is 11.8 Å². The SMILES string of the molecule is CO[C@@]1(C)OCc2c1[n+](=O)c1ccccc1n2[O-]. The van der Waals surface area contributed by atoms with E-state index in [0.717, 1.165) is 9.16 Å². The van der Waals surface area contributed by atoms with Gasteiger partial charge >= 0.3 is 5.69 Å². The fourth-order valence-electron chi connectivity index (χ4n) is 2.29. The third-order valence-corrected chi connectivity index (χ3v) is 3.34. The molecular weight excluding hydrogens is 236 g/mol. The molecule has 0 N–H and O–H groups in total. The third kappa shape index (κ3) is 1.24. The van der Waals surface area contributed by atoms with Crippen molar-refractivity contribution in [3.05, 3.63) is 45.8 Å². The van der Waals surface area contributed by atoms with Gasteiger partial charge in [0.15, 0.2) is 0 Å². The standard InChI is InChI=1S/C12H12N2O4/c1-12(17-2)11-10(7-18-12)13(15)8-5-3-4-6-9(8)14(11)16/h3-6H,7H2,1-2H3/t12-/m0/s1. The molecule has 0 saturated carbocycles. The molecule has 1 aromatic heterocycles. The van der Waals surface area contributed by atoms with E-state index in [2.05, 4.69) is 0 Å². The second kappa shape index (κ2) is 3.54. The van der Waals surface area contributed by atoms with Crippen molar-refractivity contribution in [2.75, 3.05) is 7.11 Å². The molecule has 0 spiro atoms. The summed E-state index contributed by atoms with van der Waals surface area (Å²) in [6, 6.07) is 6.64. The lowest BCUT2D eigenvalue weighted by molar-refractivity contribution is -0.497. The van der Waals surface area contributed by atoms with E-state index in [4.69, 9.17) is 9.47 Å². The van der Waals surface area contributed by atoms with Crippen LogP contribution in [0.5, 0.6) is 0 Å². The van der Waals surface area contributed by atoms with Gasteiger partial charge in [-0.3, -0.25) is 0 Å². The molecule has 1 aliphatic rings. The van der Waals surface area contributed by atoms with E-state index in [-0.39, 0.29) is 12.3 Å². The van der Waals surface area contributed by atoms with Crippen LogP contribution < -0.4 is 4.43 Å². The van der Waals surface area contributed by atoms with Gasteiger partial charge in [0.25, 0.3) is 11.3 Å². The van der Waals surface area contributed by atoms with Crippen LogP contribution >= 0.6 is 0 Å². The zero-order valence-corrected chi connectivity index (χ0v) is 10.0. The highest BCUT2D eigenvalue weighted by Gasteiger charge is 2.47. The van der Waals surface area contributed by atoms with E-state index in [9.17, 15) is 10.1 Å². The van der Waals surface area contributed by atoms with Crippen molar-refractivity contribution in [3.63, 3.8) is 0 Å². The molecule has 0 fully saturated rings. The molecule has 1 aromatic carbocycles. The summed E-state index contributed by atoms with van der Waals surface area (Å²) in [6.07, 6.45) is 0. The molecule has 2 heterocycles. The van der Waals surface area contributed by atoms with E-state index < -0.39 is 5.79 Å². The van der Waals surface area contributed by atoms with Crippen LogP contribution in [0.2, 0.25) is 0 Å². The summed E-state index contributed by atoms with van der Waals surface area (Å²) in [6.45, 7) is 1.69. The zero-order chi connectivity index (χ0) is 12.9. The zero-order valence-electron chi connectivity index (χ0n) is 10.0. The van der Waals surface area contributed by atoms with Gasteiger partial charge in [-0.15, -0.1) is 0 Å². The lowest BCUT2D eigenvalue weighted by Gasteiger charge is -2.18. The van der Waals surface area contributed by atoms with Gasteiger partial charge in [0, 0.05) is 25.0 Å². The third-order valence-electron chi connectivity index (χ3n) is 3.34. The van der Waals surface area contributed by atoms with Crippen LogP contribution in [-0.2, 0) is 21.9 Å². The molecule has 3 rings (SSSR count). The summed E-state index contributed by atoms with van der Waals surface area (Å²) >= 11 is 0. The first-order valence-corrected chi connectivity index (χ1v) is 5.55. The van der Waals surface area contributed by atoms with Gasteiger partial charge in [0.05, 0.1) is 11.0 Å². The van der Waals surface area contributed by atoms with Crippen molar-refractivity contribution in [1.82, 2.24) is 4.73 Å². The van der Waals surface area contributed by atoms with Gasteiger partial charge in [-0.25, -0.2) is 0 Å². The Morgan fingerprint density at radius 3 is 2.94 bits per heavy atom. The van der Waals surface area contributed by atoms with Crippen LogP contribution in [0, 0.1) is 10.1 Å². The smallest absolute Gasteiger partial charge is 0.320 e. The Hall–Kier alpha value is -1.92. The summed E-state index contributed by atoms with van der Waals surface area (Å²) in [7, 11) is 1.44. The average molecular weight is 248 g/mol. The maximum atomic E-state index is 12.4. The molecule has 0 bridgehead atoms. The predicted molar refractivity (Wildman–Crippen MR) is 63.2 cm³/mol. The lowest BCUT2D eigenvalue weighted by Crippen LogP contribution is -2.36. The van der Waals surface area contributed by atoms with Crippen molar-refractivity contribution in [2.24, 2.45) is 0 Å². The van der Waals surface area contributed by atoms with E-state index in [1.165, 1.54) is 7.11 Å². The summed E-state index contributed by atoms with van der Waals surface area (Å²) in [5, 5.41) is 12.2. The number of para-hydroxylation sites is 2. The molecular formula is C12H12N2O4. The highest BCUT2D eigenvalue weighted by molar-refractivity contribution is 5.72. The van der Waals surface area contributed by atoms with Gasteiger partial charge in [0.2, 0.25) is 0 Å². The van der Waals surface area contributed by atoms with Gasteiger partial charge in [-0.05, 0) is 6.07 Å². The van der Waals surface area contributed by atoms with E-state index in [1.807, 2.05) is 0 Å². The molecule has 0 saturated heterocycles. The van der Waals surface area contributed by atoms with Crippen LogP contribution in [0.4, 0.5) is 0 Å². The fraction of sp³-hybridized carbons (Fsp3) is 0.333. The summed E-state index contributed by atoms with van der Waals surface area (Å²) < 4.78 is 12.1. The fourth-order valence-corrected chi connectivity index (χ4v) is 2.29. The maximum Gasteiger partial charge on any atom is 0.320 e. The molecule has 0 radical (unpaired) electrons. The van der Waals surface area contributed by atoms with Crippen molar-refractivity contribution >= 4 is 11.0 Å². The van der Waals surface area contributed by atoms with E-state index >= 15 is 0 Å². The normalized spacial score (nSPS) is 22.3. The number of rotatable bonds is 1. The number of ether oxygens (including phenoxy) is 2. The Morgan fingerprint density at radius 1 is 1.50 bits per heavy atom. The Morgan fingerprint density at radius 2 is 2.22 bits per heavy atom. The highest BCUT2D eigenvalue weighted by atomic mass is 16.7.